The third kappa shape index (κ3) is 2.54. The molecule has 0 unspecified atom stereocenters. The zero-order valence-electron chi connectivity index (χ0n) is 11.2. The van der Waals surface area contributed by atoms with Gasteiger partial charge in [0.25, 0.3) is 0 Å². The molecule has 1 aromatic carbocycles. The van der Waals surface area contributed by atoms with Gasteiger partial charge in [-0.3, -0.25) is 0 Å². The average Bonchev–Trinajstić information content (AvgIpc) is 2.94. The Morgan fingerprint density at radius 1 is 1.45 bits per heavy atom. The predicted octanol–water partition coefficient (Wildman–Crippen LogP) is 2.36. The number of hydrogen-bond donors (Lipinski definition) is 3. The van der Waals surface area contributed by atoms with Crippen LogP contribution >= 0.6 is 0 Å². The summed E-state index contributed by atoms with van der Waals surface area (Å²) in [5.74, 6) is 0.514. The number of carboxylic acid groups (broad SMARTS) is 1. The first-order valence-corrected chi connectivity index (χ1v) is 6.88. The summed E-state index contributed by atoms with van der Waals surface area (Å²) >= 11 is 0. The number of aromatic amines is 1. The Bertz CT molecular complexity index is 602. The SMILES string of the molecule is O=C(O)N1CCC(CNc2cccc3[nH]cnc23)CC1. The Kier molecular flexibility index (Phi) is 3.45. The van der Waals surface area contributed by atoms with Gasteiger partial charge in [0.05, 0.1) is 17.5 Å². The number of carbonyl (C=O) groups is 1. The number of fused-ring (bicyclic) bond motifs is 1. The molecule has 3 N–H and O–H groups in total. The summed E-state index contributed by atoms with van der Waals surface area (Å²) in [5, 5.41) is 12.4. The molecule has 1 amide bonds. The van der Waals surface area contributed by atoms with Crippen molar-refractivity contribution in [1.29, 1.82) is 0 Å². The van der Waals surface area contributed by atoms with Crippen molar-refractivity contribution < 1.29 is 9.90 Å². The van der Waals surface area contributed by atoms with Gasteiger partial charge in [-0.2, -0.15) is 0 Å². The first kappa shape index (κ1) is 12.8. The summed E-state index contributed by atoms with van der Waals surface area (Å²) in [6, 6.07) is 6.02. The van der Waals surface area contributed by atoms with Gasteiger partial charge in [-0.25, -0.2) is 9.78 Å². The molecule has 6 heteroatoms. The Labute approximate surface area is 116 Å². The van der Waals surface area contributed by atoms with Crippen molar-refractivity contribution in [2.45, 2.75) is 12.8 Å². The fourth-order valence-corrected chi connectivity index (χ4v) is 2.69. The van der Waals surface area contributed by atoms with E-state index in [1.54, 1.807) is 6.33 Å². The summed E-state index contributed by atoms with van der Waals surface area (Å²) in [4.78, 5) is 19.8. The van der Waals surface area contributed by atoms with Crippen molar-refractivity contribution >= 4 is 22.8 Å². The molecule has 0 atom stereocenters. The van der Waals surface area contributed by atoms with E-state index in [9.17, 15) is 4.79 Å². The van der Waals surface area contributed by atoms with Crippen molar-refractivity contribution in [3.8, 4) is 0 Å². The van der Waals surface area contributed by atoms with Gasteiger partial charge >= 0.3 is 6.09 Å². The van der Waals surface area contributed by atoms with E-state index in [1.807, 2.05) is 18.2 Å². The van der Waals surface area contributed by atoms with Gasteiger partial charge in [0.2, 0.25) is 0 Å². The minimum atomic E-state index is -0.808. The lowest BCUT2D eigenvalue weighted by Crippen LogP contribution is -2.39. The van der Waals surface area contributed by atoms with Crippen LogP contribution in [0, 0.1) is 5.92 Å². The number of amides is 1. The van der Waals surface area contributed by atoms with Gasteiger partial charge in [0.15, 0.2) is 0 Å². The molecular formula is C14H18N4O2. The number of anilines is 1. The zero-order valence-corrected chi connectivity index (χ0v) is 11.2. The molecule has 3 rings (SSSR count). The molecule has 1 aliphatic heterocycles. The third-order valence-corrected chi connectivity index (χ3v) is 3.92. The molecule has 2 heterocycles. The Balaban J connectivity index is 1.58. The molecule has 6 nitrogen and oxygen atoms in total. The molecule has 1 saturated heterocycles. The number of benzene rings is 1. The molecule has 20 heavy (non-hydrogen) atoms. The highest BCUT2D eigenvalue weighted by Gasteiger charge is 2.22. The highest BCUT2D eigenvalue weighted by atomic mass is 16.4. The Morgan fingerprint density at radius 2 is 2.25 bits per heavy atom. The van der Waals surface area contributed by atoms with E-state index >= 15 is 0 Å². The average molecular weight is 274 g/mol. The molecular weight excluding hydrogens is 256 g/mol. The van der Waals surface area contributed by atoms with Crippen molar-refractivity contribution in [1.82, 2.24) is 14.9 Å². The molecule has 1 aliphatic rings. The lowest BCUT2D eigenvalue weighted by atomic mass is 9.97. The van der Waals surface area contributed by atoms with Crippen molar-refractivity contribution in [3.05, 3.63) is 24.5 Å². The highest BCUT2D eigenvalue weighted by molar-refractivity contribution is 5.87. The van der Waals surface area contributed by atoms with Crippen LogP contribution in [0.2, 0.25) is 0 Å². The number of imidazole rings is 1. The quantitative estimate of drug-likeness (QED) is 0.802. The van der Waals surface area contributed by atoms with Crippen molar-refractivity contribution in [3.63, 3.8) is 0 Å². The van der Waals surface area contributed by atoms with E-state index in [-0.39, 0.29) is 0 Å². The van der Waals surface area contributed by atoms with Crippen LogP contribution in [-0.4, -0.2) is 45.7 Å². The largest absolute Gasteiger partial charge is 0.465 e. The van der Waals surface area contributed by atoms with E-state index in [0.717, 1.165) is 36.1 Å². The number of para-hydroxylation sites is 1. The standard InChI is InChI=1S/C14H18N4O2/c19-14(20)18-6-4-10(5-7-18)8-15-11-2-1-3-12-13(11)17-9-16-12/h1-3,9-10,15H,4-8H2,(H,16,17)(H,19,20). The second kappa shape index (κ2) is 5.40. The van der Waals surface area contributed by atoms with Crippen LogP contribution in [0.15, 0.2) is 24.5 Å². The maximum absolute atomic E-state index is 10.9. The smallest absolute Gasteiger partial charge is 0.407 e. The third-order valence-electron chi connectivity index (χ3n) is 3.92. The van der Waals surface area contributed by atoms with E-state index in [2.05, 4.69) is 15.3 Å². The zero-order chi connectivity index (χ0) is 13.9. The Hall–Kier alpha value is -2.24. The van der Waals surface area contributed by atoms with Crippen LogP contribution < -0.4 is 5.32 Å². The summed E-state index contributed by atoms with van der Waals surface area (Å²) in [6.45, 7) is 2.13. The molecule has 0 radical (unpaired) electrons. The lowest BCUT2D eigenvalue weighted by molar-refractivity contribution is 0.126. The molecule has 0 aliphatic carbocycles. The van der Waals surface area contributed by atoms with Crippen molar-refractivity contribution in [2.24, 2.45) is 5.92 Å². The van der Waals surface area contributed by atoms with Gasteiger partial charge in [-0.1, -0.05) is 6.07 Å². The number of rotatable bonds is 3. The van der Waals surface area contributed by atoms with E-state index in [1.165, 1.54) is 4.90 Å². The maximum atomic E-state index is 10.9. The maximum Gasteiger partial charge on any atom is 0.407 e. The van der Waals surface area contributed by atoms with Crippen LogP contribution in [0.5, 0.6) is 0 Å². The molecule has 1 aromatic heterocycles. The summed E-state index contributed by atoms with van der Waals surface area (Å²) in [7, 11) is 0. The molecule has 106 valence electrons. The normalized spacial score (nSPS) is 16.5. The van der Waals surface area contributed by atoms with Crippen LogP contribution in [0.1, 0.15) is 12.8 Å². The first-order valence-electron chi connectivity index (χ1n) is 6.88. The van der Waals surface area contributed by atoms with Gasteiger partial charge < -0.3 is 20.3 Å². The minimum Gasteiger partial charge on any atom is -0.465 e. The molecule has 0 bridgehead atoms. The monoisotopic (exact) mass is 274 g/mol. The number of H-pyrrole nitrogens is 1. The van der Waals surface area contributed by atoms with Gasteiger partial charge in [-0.05, 0) is 30.9 Å². The van der Waals surface area contributed by atoms with Crippen LogP contribution in [0.3, 0.4) is 0 Å². The van der Waals surface area contributed by atoms with Gasteiger partial charge in [-0.15, -0.1) is 0 Å². The Morgan fingerprint density at radius 3 is 3.00 bits per heavy atom. The molecule has 0 spiro atoms. The molecule has 0 saturated carbocycles. The number of nitrogens with one attached hydrogen (secondary N) is 2. The van der Waals surface area contributed by atoms with Crippen molar-refractivity contribution in [2.75, 3.05) is 25.0 Å². The number of likely N-dealkylation sites (tertiary alicyclic amines) is 1. The fraction of sp³-hybridized carbons (Fsp3) is 0.429. The topological polar surface area (TPSA) is 81.2 Å². The van der Waals surface area contributed by atoms with Gasteiger partial charge in [0.1, 0.15) is 5.52 Å². The highest BCUT2D eigenvalue weighted by Crippen LogP contribution is 2.22. The first-order chi connectivity index (χ1) is 9.74. The van der Waals surface area contributed by atoms with Crippen LogP contribution in [0.4, 0.5) is 10.5 Å². The second-order valence-corrected chi connectivity index (χ2v) is 5.20. The fourth-order valence-electron chi connectivity index (χ4n) is 2.69. The number of hydrogen-bond acceptors (Lipinski definition) is 3. The minimum absolute atomic E-state index is 0.514. The molecule has 2 aromatic rings. The van der Waals surface area contributed by atoms with E-state index in [0.29, 0.717) is 19.0 Å². The number of piperidine rings is 1. The lowest BCUT2D eigenvalue weighted by Gasteiger charge is -2.30. The number of nitrogens with zero attached hydrogens (tertiary/aromatic N) is 2. The van der Waals surface area contributed by atoms with Crippen LogP contribution in [0.25, 0.3) is 11.0 Å². The summed E-state index contributed by atoms with van der Waals surface area (Å²) in [5.41, 5.74) is 3.01. The predicted molar refractivity (Wildman–Crippen MR) is 76.9 cm³/mol. The molecule has 1 fully saturated rings. The summed E-state index contributed by atoms with van der Waals surface area (Å²) < 4.78 is 0. The summed E-state index contributed by atoms with van der Waals surface area (Å²) in [6.07, 6.45) is 2.71. The van der Waals surface area contributed by atoms with Gasteiger partial charge in [0, 0.05) is 19.6 Å². The van der Waals surface area contributed by atoms with E-state index < -0.39 is 6.09 Å². The second-order valence-electron chi connectivity index (χ2n) is 5.20. The van der Waals surface area contributed by atoms with E-state index in [4.69, 9.17) is 5.11 Å². The number of aromatic nitrogens is 2. The van der Waals surface area contributed by atoms with Crippen LogP contribution in [-0.2, 0) is 0 Å².